The van der Waals surface area contributed by atoms with E-state index in [1.165, 1.54) is 12.1 Å². The molecule has 2 N–H and O–H groups in total. The minimum Gasteiger partial charge on any atom is -0.350 e. The Balaban J connectivity index is 2.23. The molecule has 2 rings (SSSR count). The standard InChI is InChI=1S/C20H26ClN3O3S/c1-5-23-28(26,27)15-11-10-14(2)17(12-15)20(25)22-13-19(24(3)4)16-8-6-7-9-18(16)21/h6-12,19,23H,5,13H2,1-4H3,(H,22,25). The number of nitrogens with one attached hydrogen (secondary N) is 2. The van der Waals surface area contributed by atoms with E-state index in [4.69, 9.17) is 11.6 Å². The van der Waals surface area contributed by atoms with Gasteiger partial charge in [-0.25, -0.2) is 13.1 Å². The zero-order chi connectivity index (χ0) is 20.9. The van der Waals surface area contributed by atoms with Crippen molar-refractivity contribution in [2.75, 3.05) is 27.2 Å². The summed E-state index contributed by atoms with van der Waals surface area (Å²) in [6, 6.07) is 11.9. The van der Waals surface area contributed by atoms with Gasteiger partial charge in [0.25, 0.3) is 5.91 Å². The van der Waals surface area contributed by atoms with Crippen molar-refractivity contribution in [2.24, 2.45) is 0 Å². The Labute approximate surface area is 171 Å². The van der Waals surface area contributed by atoms with Crippen molar-refractivity contribution in [1.82, 2.24) is 14.9 Å². The number of rotatable bonds is 8. The van der Waals surface area contributed by atoms with Gasteiger partial charge >= 0.3 is 0 Å². The van der Waals surface area contributed by atoms with Crippen LogP contribution in [0, 0.1) is 6.92 Å². The van der Waals surface area contributed by atoms with E-state index >= 15 is 0 Å². The summed E-state index contributed by atoms with van der Waals surface area (Å²) in [6.45, 7) is 4.09. The Bertz CT molecular complexity index is 945. The Kier molecular flexibility index (Phi) is 7.60. The maximum absolute atomic E-state index is 12.8. The number of amides is 1. The molecule has 28 heavy (non-hydrogen) atoms. The first-order valence-corrected chi connectivity index (χ1v) is 10.8. The van der Waals surface area contributed by atoms with Gasteiger partial charge in [0.2, 0.25) is 10.0 Å². The zero-order valence-corrected chi connectivity index (χ0v) is 18.1. The van der Waals surface area contributed by atoms with Crippen LogP contribution in [0.25, 0.3) is 0 Å². The monoisotopic (exact) mass is 423 g/mol. The van der Waals surface area contributed by atoms with Gasteiger partial charge in [-0.2, -0.15) is 0 Å². The van der Waals surface area contributed by atoms with Crippen LogP contribution in [0.15, 0.2) is 47.4 Å². The summed E-state index contributed by atoms with van der Waals surface area (Å²) in [5.74, 6) is -0.329. The first-order valence-electron chi connectivity index (χ1n) is 8.96. The molecular weight excluding hydrogens is 398 g/mol. The Morgan fingerprint density at radius 2 is 1.86 bits per heavy atom. The summed E-state index contributed by atoms with van der Waals surface area (Å²) in [4.78, 5) is 14.8. The third-order valence-corrected chi connectivity index (χ3v) is 6.33. The normalized spacial score (nSPS) is 12.8. The molecular formula is C20H26ClN3O3S. The average Bonchev–Trinajstić information content (AvgIpc) is 2.63. The fourth-order valence-electron chi connectivity index (χ4n) is 2.89. The van der Waals surface area contributed by atoms with Crippen LogP contribution in [0.4, 0.5) is 0 Å². The topological polar surface area (TPSA) is 78.5 Å². The lowest BCUT2D eigenvalue weighted by Crippen LogP contribution is -2.35. The molecule has 0 radical (unpaired) electrons. The van der Waals surface area contributed by atoms with E-state index in [0.29, 0.717) is 22.7 Å². The molecule has 2 aromatic carbocycles. The van der Waals surface area contributed by atoms with E-state index in [2.05, 4.69) is 10.0 Å². The smallest absolute Gasteiger partial charge is 0.251 e. The van der Waals surface area contributed by atoms with E-state index in [1.807, 2.05) is 43.3 Å². The highest BCUT2D eigenvalue weighted by Crippen LogP contribution is 2.25. The predicted molar refractivity (Wildman–Crippen MR) is 112 cm³/mol. The molecule has 8 heteroatoms. The quantitative estimate of drug-likeness (QED) is 0.684. The molecule has 0 heterocycles. The third-order valence-electron chi connectivity index (χ3n) is 4.44. The first kappa shape index (κ1) is 22.4. The van der Waals surface area contributed by atoms with Crippen LogP contribution in [0.3, 0.4) is 0 Å². The van der Waals surface area contributed by atoms with Gasteiger partial charge in [0.15, 0.2) is 0 Å². The lowest BCUT2D eigenvalue weighted by atomic mass is 10.0. The summed E-state index contributed by atoms with van der Waals surface area (Å²) in [5.41, 5.74) is 1.94. The number of hydrogen-bond donors (Lipinski definition) is 2. The number of carbonyl (C=O) groups excluding carboxylic acids is 1. The van der Waals surface area contributed by atoms with Crippen molar-refractivity contribution in [3.63, 3.8) is 0 Å². The summed E-state index contributed by atoms with van der Waals surface area (Å²) in [7, 11) is 0.191. The van der Waals surface area contributed by atoms with Crippen LogP contribution >= 0.6 is 11.6 Å². The van der Waals surface area contributed by atoms with Crippen LogP contribution < -0.4 is 10.0 Å². The van der Waals surface area contributed by atoms with Crippen molar-refractivity contribution in [2.45, 2.75) is 24.8 Å². The van der Waals surface area contributed by atoms with Crippen LogP contribution in [-0.2, 0) is 10.0 Å². The number of halogens is 1. The first-order chi connectivity index (χ1) is 13.2. The molecule has 1 unspecified atom stereocenters. The molecule has 0 bridgehead atoms. The molecule has 0 saturated heterocycles. The van der Waals surface area contributed by atoms with Gasteiger partial charge in [0.1, 0.15) is 0 Å². The second kappa shape index (κ2) is 9.52. The lowest BCUT2D eigenvalue weighted by molar-refractivity contribution is 0.0941. The minimum atomic E-state index is -3.63. The lowest BCUT2D eigenvalue weighted by Gasteiger charge is -2.26. The van der Waals surface area contributed by atoms with Crippen LogP contribution in [0.5, 0.6) is 0 Å². The van der Waals surface area contributed by atoms with E-state index in [9.17, 15) is 13.2 Å². The molecule has 0 aliphatic rings. The van der Waals surface area contributed by atoms with Gasteiger partial charge < -0.3 is 10.2 Å². The van der Waals surface area contributed by atoms with Crippen molar-refractivity contribution in [3.05, 3.63) is 64.2 Å². The number of likely N-dealkylation sites (N-methyl/N-ethyl adjacent to an activating group) is 1. The van der Waals surface area contributed by atoms with Crippen molar-refractivity contribution in [3.8, 4) is 0 Å². The van der Waals surface area contributed by atoms with Gasteiger partial charge in [-0.3, -0.25) is 4.79 Å². The Morgan fingerprint density at radius 3 is 2.46 bits per heavy atom. The Hall–Kier alpha value is -1.93. The van der Waals surface area contributed by atoms with Gasteiger partial charge in [-0.15, -0.1) is 0 Å². The SMILES string of the molecule is CCNS(=O)(=O)c1ccc(C)c(C(=O)NCC(c2ccccc2Cl)N(C)C)c1. The number of hydrogen-bond acceptors (Lipinski definition) is 4. The second-order valence-electron chi connectivity index (χ2n) is 6.69. The fraction of sp³-hybridized carbons (Fsp3) is 0.350. The minimum absolute atomic E-state index is 0.0698. The fourth-order valence-corrected chi connectivity index (χ4v) is 4.22. The average molecular weight is 424 g/mol. The Morgan fingerprint density at radius 1 is 1.18 bits per heavy atom. The zero-order valence-electron chi connectivity index (χ0n) is 16.5. The maximum Gasteiger partial charge on any atom is 0.251 e. The van der Waals surface area contributed by atoms with Crippen LogP contribution in [0.2, 0.25) is 5.02 Å². The van der Waals surface area contributed by atoms with Gasteiger partial charge in [0, 0.05) is 23.7 Å². The van der Waals surface area contributed by atoms with E-state index in [0.717, 1.165) is 5.56 Å². The summed E-state index contributed by atoms with van der Waals surface area (Å²) in [5, 5.41) is 3.53. The predicted octanol–water partition coefficient (Wildman–Crippen LogP) is 2.98. The highest BCUT2D eigenvalue weighted by Gasteiger charge is 2.20. The van der Waals surface area contributed by atoms with E-state index in [1.54, 1.807) is 19.9 Å². The highest BCUT2D eigenvalue weighted by molar-refractivity contribution is 7.89. The number of carbonyl (C=O) groups is 1. The van der Waals surface area contributed by atoms with Crippen molar-refractivity contribution < 1.29 is 13.2 Å². The van der Waals surface area contributed by atoms with Gasteiger partial charge in [-0.1, -0.05) is 42.8 Å². The molecule has 1 amide bonds. The molecule has 0 aromatic heterocycles. The van der Waals surface area contributed by atoms with Crippen molar-refractivity contribution in [1.29, 1.82) is 0 Å². The number of aryl methyl sites for hydroxylation is 1. The molecule has 0 aliphatic carbocycles. The molecule has 0 fully saturated rings. The number of benzene rings is 2. The summed E-state index contributed by atoms with van der Waals surface area (Å²) < 4.78 is 26.9. The van der Waals surface area contributed by atoms with E-state index < -0.39 is 10.0 Å². The molecule has 0 aliphatic heterocycles. The van der Waals surface area contributed by atoms with Crippen LogP contribution in [0.1, 0.15) is 34.5 Å². The van der Waals surface area contributed by atoms with Gasteiger partial charge in [0.05, 0.1) is 10.9 Å². The molecule has 2 aromatic rings. The van der Waals surface area contributed by atoms with Crippen molar-refractivity contribution >= 4 is 27.5 Å². The maximum atomic E-state index is 12.8. The molecule has 152 valence electrons. The van der Waals surface area contributed by atoms with Gasteiger partial charge in [-0.05, 0) is 50.3 Å². The summed E-state index contributed by atoms with van der Waals surface area (Å²) >= 11 is 6.31. The third kappa shape index (κ3) is 5.32. The molecule has 1 atom stereocenters. The largest absolute Gasteiger partial charge is 0.350 e. The van der Waals surface area contributed by atoms with E-state index in [-0.39, 0.29) is 23.4 Å². The molecule has 0 saturated carbocycles. The highest BCUT2D eigenvalue weighted by atomic mass is 35.5. The number of sulfonamides is 1. The summed E-state index contributed by atoms with van der Waals surface area (Å²) in [6.07, 6.45) is 0. The number of nitrogens with zero attached hydrogens (tertiary/aromatic N) is 1. The molecule has 0 spiro atoms. The molecule has 6 nitrogen and oxygen atoms in total. The van der Waals surface area contributed by atoms with Crippen LogP contribution in [-0.4, -0.2) is 46.4 Å². The second-order valence-corrected chi connectivity index (χ2v) is 8.86.